The number of nitrogens with zero attached hydrogens (tertiary/aromatic N) is 2. The molecule has 0 fully saturated rings. The standard InChI is InChI=1S/C19H19N2S2/c1-10-6-11(2)13(4)14(7-10)17-19-16(20-9-21(17)5)18-15(23-19)8-12(3)22-18/h6-9H,1-5H3/q+1. The van der Waals surface area contributed by atoms with Crippen molar-refractivity contribution in [2.45, 2.75) is 27.7 Å². The van der Waals surface area contributed by atoms with Crippen molar-refractivity contribution in [3.63, 3.8) is 0 Å². The fourth-order valence-electron chi connectivity index (χ4n) is 3.23. The number of benzene rings is 1. The van der Waals surface area contributed by atoms with Gasteiger partial charge in [-0.05, 0) is 55.9 Å². The van der Waals surface area contributed by atoms with E-state index in [1.807, 2.05) is 29.0 Å². The maximum Gasteiger partial charge on any atom is 0.287 e. The van der Waals surface area contributed by atoms with E-state index in [1.54, 1.807) is 0 Å². The van der Waals surface area contributed by atoms with Gasteiger partial charge in [-0.1, -0.05) is 11.6 Å². The van der Waals surface area contributed by atoms with Gasteiger partial charge in [-0.25, -0.2) is 4.57 Å². The van der Waals surface area contributed by atoms with Crippen LogP contribution in [0.25, 0.3) is 30.9 Å². The molecule has 23 heavy (non-hydrogen) atoms. The van der Waals surface area contributed by atoms with Crippen LogP contribution in [-0.2, 0) is 7.05 Å². The van der Waals surface area contributed by atoms with Gasteiger partial charge in [-0.3, -0.25) is 0 Å². The van der Waals surface area contributed by atoms with Crippen LogP contribution in [0, 0.1) is 27.7 Å². The smallest absolute Gasteiger partial charge is 0.231 e. The molecule has 3 aromatic heterocycles. The van der Waals surface area contributed by atoms with Crippen LogP contribution >= 0.6 is 22.7 Å². The maximum absolute atomic E-state index is 4.73. The number of hydrogen-bond donors (Lipinski definition) is 0. The Labute approximate surface area is 144 Å². The summed E-state index contributed by atoms with van der Waals surface area (Å²) in [6.45, 7) is 8.75. The Morgan fingerprint density at radius 2 is 1.74 bits per heavy atom. The topological polar surface area (TPSA) is 16.8 Å². The van der Waals surface area contributed by atoms with Crippen molar-refractivity contribution < 1.29 is 4.57 Å². The van der Waals surface area contributed by atoms with Gasteiger partial charge in [0.25, 0.3) is 6.33 Å². The molecule has 2 nitrogen and oxygen atoms in total. The second-order valence-electron chi connectivity index (χ2n) is 6.29. The van der Waals surface area contributed by atoms with E-state index in [4.69, 9.17) is 4.98 Å². The molecule has 0 N–H and O–H groups in total. The molecule has 0 aliphatic carbocycles. The molecule has 4 aromatic rings. The van der Waals surface area contributed by atoms with E-state index in [1.165, 1.54) is 46.9 Å². The summed E-state index contributed by atoms with van der Waals surface area (Å²) in [5.74, 6) is 0. The molecule has 0 atom stereocenters. The summed E-state index contributed by atoms with van der Waals surface area (Å²) in [6.07, 6.45) is 1.95. The zero-order valence-electron chi connectivity index (χ0n) is 14.0. The lowest BCUT2D eigenvalue weighted by molar-refractivity contribution is -0.662. The summed E-state index contributed by atoms with van der Waals surface area (Å²) in [7, 11) is 2.10. The van der Waals surface area contributed by atoms with Crippen LogP contribution in [0.5, 0.6) is 0 Å². The van der Waals surface area contributed by atoms with E-state index >= 15 is 0 Å². The highest BCUT2D eigenvalue weighted by molar-refractivity contribution is 7.32. The van der Waals surface area contributed by atoms with Crippen LogP contribution in [0.3, 0.4) is 0 Å². The van der Waals surface area contributed by atoms with Crippen molar-refractivity contribution in [2.75, 3.05) is 0 Å². The first-order chi connectivity index (χ1) is 11.0. The molecule has 0 aliphatic heterocycles. The molecule has 1 aromatic carbocycles. The summed E-state index contributed by atoms with van der Waals surface area (Å²) in [5, 5.41) is 0. The van der Waals surface area contributed by atoms with Crippen molar-refractivity contribution in [2.24, 2.45) is 7.05 Å². The minimum atomic E-state index is 1.15. The van der Waals surface area contributed by atoms with Gasteiger partial charge >= 0.3 is 0 Å². The Bertz CT molecular complexity index is 1070. The first-order valence-electron chi connectivity index (χ1n) is 7.71. The van der Waals surface area contributed by atoms with Crippen molar-refractivity contribution in [3.8, 4) is 11.3 Å². The number of aryl methyl sites for hydroxylation is 4. The molecule has 0 bridgehead atoms. The third kappa shape index (κ3) is 2.20. The van der Waals surface area contributed by atoms with Gasteiger partial charge in [0.05, 0.1) is 16.4 Å². The fraction of sp³-hybridized carbons (Fsp3) is 0.263. The zero-order chi connectivity index (χ0) is 16.3. The quantitative estimate of drug-likeness (QED) is 0.434. The van der Waals surface area contributed by atoms with Gasteiger partial charge < -0.3 is 0 Å². The second kappa shape index (κ2) is 5.11. The highest BCUT2D eigenvalue weighted by Crippen LogP contribution is 2.41. The van der Waals surface area contributed by atoms with E-state index in [0.717, 1.165) is 5.52 Å². The molecule has 4 rings (SSSR count). The monoisotopic (exact) mass is 339 g/mol. The molecule has 3 heterocycles. The summed E-state index contributed by atoms with van der Waals surface area (Å²) < 4.78 is 6.14. The summed E-state index contributed by atoms with van der Waals surface area (Å²) in [5.41, 5.74) is 7.76. The van der Waals surface area contributed by atoms with E-state index in [0.29, 0.717) is 0 Å². The lowest BCUT2D eigenvalue weighted by Gasteiger charge is -2.11. The Morgan fingerprint density at radius 3 is 2.52 bits per heavy atom. The molecule has 4 heteroatoms. The van der Waals surface area contributed by atoms with E-state index in [2.05, 4.69) is 57.5 Å². The molecule has 0 saturated heterocycles. The summed E-state index contributed by atoms with van der Waals surface area (Å²) in [4.78, 5) is 6.08. The molecule has 0 unspecified atom stereocenters. The van der Waals surface area contributed by atoms with Gasteiger partial charge in [-0.2, -0.15) is 0 Å². The first-order valence-corrected chi connectivity index (χ1v) is 9.34. The number of rotatable bonds is 1. The maximum atomic E-state index is 4.73. The Balaban J connectivity index is 2.14. The van der Waals surface area contributed by atoms with Crippen LogP contribution in [0.15, 0.2) is 24.5 Å². The Morgan fingerprint density at radius 1 is 0.957 bits per heavy atom. The predicted molar refractivity (Wildman–Crippen MR) is 101 cm³/mol. The fourth-order valence-corrected chi connectivity index (χ4v) is 5.78. The highest BCUT2D eigenvalue weighted by atomic mass is 32.1. The second-order valence-corrected chi connectivity index (χ2v) is 8.60. The normalized spacial score (nSPS) is 11.7. The third-order valence-corrected chi connectivity index (χ3v) is 6.78. The molecule has 116 valence electrons. The first kappa shape index (κ1) is 14.8. The molecular weight excluding hydrogens is 320 g/mol. The van der Waals surface area contributed by atoms with Gasteiger partial charge in [0.2, 0.25) is 5.52 Å². The van der Waals surface area contributed by atoms with Crippen LogP contribution in [0.1, 0.15) is 21.6 Å². The number of fused-ring (bicyclic) bond motifs is 3. The molecular formula is C19H19N2S2+. The average Bonchev–Trinajstić information content (AvgIpc) is 2.99. The SMILES string of the molecule is Cc1cc(C)c(C)c(-c2c3sc4cc(C)sc4c3nc[n+]2C)c1. The van der Waals surface area contributed by atoms with Gasteiger partial charge in [0.1, 0.15) is 4.70 Å². The molecule has 0 radical (unpaired) electrons. The molecule has 0 amide bonds. The van der Waals surface area contributed by atoms with Crippen molar-refractivity contribution in [1.82, 2.24) is 4.98 Å². The van der Waals surface area contributed by atoms with Gasteiger partial charge in [-0.15, -0.1) is 22.7 Å². The van der Waals surface area contributed by atoms with Crippen LogP contribution < -0.4 is 4.57 Å². The summed E-state index contributed by atoms with van der Waals surface area (Å²) in [6, 6.07) is 6.84. The Hall–Kier alpha value is -1.78. The lowest BCUT2D eigenvalue weighted by atomic mass is 9.97. The van der Waals surface area contributed by atoms with Gasteiger partial charge in [0.15, 0.2) is 5.69 Å². The van der Waals surface area contributed by atoms with Crippen LogP contribution in [-0.4, -0.2) is 4.98 Å². The predicted octanol–water partition coefficient (Wildman–Crippen LogP) is 5.24. The third-order valence-electron chi connectivity index (χ3n) is 4.46. The number of thiophene rings is 2. The zero-order valence-corrected chi connectivity index (χ0v) is 15.7. The Kier molecular flexibility index (Phi) is 3.29. The number of aromatic nitrogens is 2. The van der Waals surface area contributed by atoms with Crippen molar-refractivity contribution in [1.29, 1.82) is 0 Å². The van der Waals surface area contributed by atoms with Crippen molar-refractivity contribution in [3.05, 3.63) is 46.1 Å². The van der Waals surface area contributed by atoms with E-state index in [9.17, 15) is 0 Å². The van der Waals surface area contributed by atoms with E-state index in [-0.39, 0.29) is 0 Å². The van der Waals surface area contributed by atoms with Crippen molar-refractivity contribution >= 4 is 42.3 Å². The van der Waals surface area contributed by atoms with Gasteiger partial charge in [0, 0.05) is 10.4 Å². The summed E-state index contributed by atoms with van der Waals surface area (Å²) >= 11 is 3.71. The minimum Gasteiger partial charge on any atom is -0.231 e. The number of hydrogen-bond acceptors (Lipinski definition) is 3. The average molecular weight is 340 g/mol. The minimum absolute atomic E-state index is 1.15. The lowest BCUT2D eigenvalue weighted by Crippen LogP contribution is -2.31. The molecule has 0 aliphatic rings. The highest BCUT2D eigenvalue weighted by Gasteiger charge is 2.22. The van der Waals surface area contributed by atoms with E-state index < -0.39 is 0 Å². The molecule has 0 spiro atoms. The molecule has 0 saturated carbocycles. The largest absolute Gasteiger partial charge is 0.287 e. The van der Waals surface area contributed by atoms with Crippen LogP contribution in [0.4, 0.5) is 0 Å². The van der Waals surface area contributed by atoms with Crippen LogP contribution in [0.2, 0.25) is 0 Å².